The van der Waals surface area contributed by atoms with Gasteiger partial charge in [-0.25, -0.2) is 4.79 Å². The van der Waals surface area contributed by atoms with Crippen LogP contribution in [0.1, 0.15) is 83.5 Å². The number of ether oxygens (including phenoxy) is 3. The third-order valence-corrected chi connectivity index (χ3v) is 5.59. The number of amides is 1. The van der Waals surface area contributed by atoms with Gasteiger partial charge in [-0.2, -0.15) is 0 Å². The van der Waals surface area contributed by atoms with Crippen LogP contribution in [0.25, 0.3) is 0 Å². The normalized spacial score (nSPS) is 22.2. The molecular formula is C24H37NO5. The summed E-state index contributed by atoms with van der Waals surface area (Å²) >= 11 is 0. The zero-order valence-electron chi connectivity index (χ0n) is 19.1. The first-order chi connectivity index (χ1) is 14.3. The molecule has 0 radical (unpaired) electrons. The van der Waals surface area contributed by atoms with Crippen molar-refractivity contribution in [2.45, 2.75) is 84.8 Å². The summed E-state index contributed by atoms with van der Waals surface area (Å²) in [6.07, 6.45) is 5.14. The highest BCUT2D eigenvalue weighted by atomic mass is 16.5. The molecule has 1 aliphatic carbocycles. The minimum absolute atomic E-state index is 0.0342. The first kappa shape index (κ1) is 24.2. The summed E-state index contributed by atoms with van der Waals surface area (Å²) in [6, 6.07) is 5.11. The van der Waals surface area contributed by atoms with Gasteiger partial charge < -0.3 is 19.5 Å². The van der Waals surface area contributed by atoms with E-state index in [9.17, 15) is 9.59 Å². The predicted molar refractivity (Wildman–Crippen MR) is 118 cm³/mol. The van der Waals surface area contributed by atoms with Crippen LogP contribution in [0.4, 0.5) is 5.69 Å². The smallest absolute Gasteiger partial charge is 0.341 e. The van der Waals surface area contributed by atoms with E-state index in [0.29, 0.717) is 42.4 Å². The Kier molecular flexibility index (Phi) is 9.15. The number of esters is 1. The zero-order chi connectivity index (χ0) is 22.1. The molecule has 1 N–H and O–H groups in total. The van der Waals surface area contributed by atoms with E-state index in [1.165, 1.54) is 0 Å². The standard InChI is InChI=1S/C24H37NO5/c1-6-14-29-24(13-9-10-17(4)16-24)23(27)25-19-11-12-21(30-18(5)7-2)20(15-19)22(26)28-8-3/h11-12,15,17-18H,6-10,13-14,16H2,1-5H3,(H,25,27)/t17-,18+,24+/m0/s1. The maximum absolute atomic E-state index is 13.3. The minimum Gasteiger partial charge on any atom is -0.490 e. The van der Waals surface area contributed by atoms with Crippen LogP contribution < -0.4 is 10.1 Å². The fourth-order valence-corrected chi connectivity index (χ4v) is 3.83. The second kappa shape index (κ2) is 11.3. The van der Waals surface area contributed by atoms with Gasteiger partial charge in [0.15, 0.2) is 0 Å². The highest BCUT2D eigenvalue weighted by molar-refractivity contribution is 5.99. The number of anilines is 1. The number of carbonyl (C=O) groups is 2. The van der Waals surface area contributed by atoms with Crippen molar-refractivity contribution in [1.82, 2.24) is 0 Å². The minimum atomic E-state index is -0.816. The lowest BCUT2D eigenvalue weighted by Crippen LogP contribution is -2.48. The Morgan fingerprint density at radius 1 is 1.27 bits per heavy atom. The summed E-state index contributed by atoms with van der Waals surface area (Å²) in [5.41, 5.74) is 0.0386. The second-order valence-electron chi connectivity index (χ2n) is 8.27. The Bertz CT molecular complexity index is 720. The van der Waals surface area contributed by atoms with E-state index < -0.39 is 11.6 Å². The van der Waals surface area contributed by atoms with Crippen LogP contribution in [-0.2, 0) is 14.3 Å². The van der Waals surface area contributed by atoms with Crippen molar-refractivity contribution >= 4 is 17.6 Å². The van der Waals surface area contributed by atoms with Crippen molar-refractivity contribution in [1.29, 1.82) is 0 Å². The first-order valence-corrected chi connectivity index (χ1v) is 11.3. The number of carbonyl (C=O) groups excluding carboxylic acids is 2. The molecule has 1 amide bonds. The quantitative estimate of drug-likeness (QED) is 0.517. The lowest BCUT2D eigenvalue weighted by Gasteiger charge is -2.38. The van der Waals surface area contributed by atoms with E-state index in [1.807, 2.05) is 20.8 Å². The number of benzene rings is 1. The van der Waals surface area contributed by atoms with Crippen molar-refractivity contribution in [2.24, 2.45) is 5.92 Å². The Morgan fingerprint density at radius 3 is 2.67 bits per heavy atom. The van der Waals surface area contributed by atoms with Crippen molar-refractivity contribution in [3.05, 3.63) is 23.8 Å². The summed E-state index contributed by atoms with van der Waals surface area (Å²) in [4.78, 5) is 25.8. The van der Waals surface area contributed by atoms with Gasteiger partial charge in [-0.1, -0.05) is 27.2 Å². The number of hydrogen-bond acceptors (Lipinski definition) is 5. The van der Waals surface area contributed by atoms with Crippen LogP contribution in [0.15, 0.2) is 18.2 Å². The fourth-order valence-electron chi connectivity index (χ4n) is 3.83. The van der Waals surface area contributed by atoms with Gasteiger partial charge in [-0.3, -0.25) is 4.79 Å². The predicted octanol–water partition coefficient (Wildman–Crippen LogP) is 5.35. The largest absolute Gasteiger partial charge is 0.490 e. The highest BCUT2D eigenvalue weighted by Crippen LogP contribution is 2.37. The van der Waals surface area contributed by atoms with Crippen molar-refractivity contribution in [3.63, 3.8) is 0 Å². The fraction of sp³-hybridized carbons (Fsp3) is 0.667. The molecular weight excluding hydrogens is 382 g/mol. The molecule has 0 bridgehead atoms. The van der Waals surface area contributed by atoms with Gasteiger partial charge in [0.2, 0.25) is 0 Å². The summed E-state index contributed by atoms with van der Waals surface area (Å²) < 4.78 is 17.2. The maximum Gasteiger partial charge on any atom is 0.341 e. The Morgan fingerprint density at radius 2 is 2.03 bits per heavy atom. The lowest BCUT2D eigenvalue weighted by molar-refractivity contribution is -0.148. The summed E-state index contributed by atoms with van der Waals surface area (Å²) in [5.74, 6) is 0.287. The van der Waals surface area contributed by atoms with Crippen LogP contribution >= 0.6 is 0 Å². The van der Waals surface area contributed by atoms with Crippen LogP contribution in [0, 0.1) is 5.92 Å². The van der Waals surface area contributed by atoms with E-state index in [2.05, 4.69) is 12.2 Å². The SMILES string of the molecule is CCCO[C@]1(C(=O)Nc2ccc(O[C@H](C)CC)c(C(=O)OCC)c2)CCC[C@H](C)C1. The zero-order valence-corrected chi connectivity index (χ0v) is 19.1. The topological polar surface area (TPSA) is 73.9 Å². The summed E-state index contributed by atoms with van der Waals surface area (Å²) in [6.45, 7) is 10.8. The molecule has 1 aromatic rings. The van der Waals surface area contributed by atoms with Gasteiger partial charge in [-0.05, 0) is 70.1 Å². The van der Waals surface area contributed by atoms with Gasteiger partial charge in [0, 0.05) is 12.3 Å². The van der Waals surface area contributed by atoms with Crippen molar-refractivity contribution < 1.29 is 23.8 Å². The van der Waals surface area contributed by atoms with Crippen LogP contribution in [0.3, 0.4) is 0 Å². The molecule has 1 fully saturated rings. The van der Waals surface area contributed by atoms with Crippen molar-refractivity contribution in [2.75, 3.05) is 18.5 Å². The molecule has 6 heteroatoms. The molecule has 0 aromatic heterocycles. The molecule has 30 heavy (non-hydrogen) atoms. The number of nitrogens with one attached hydrogen (secondary N) is 1. The Balaban J connectivity index is 2.27. The molecule has 1 aliphatic rings. The van der Waals surface area contributed by atoms with E-state index >= 15 is 0 Å². The van der Waals surface area contributed by atoms with Gasteiger partial charge in [0.1, 0.15) is 16.9 Å². The first-order valence-electron chi connectivity index (χ1n) is 11.3. The van der Waals surface area contributed by atoms with E-state index in [1.54, 1.807) is 25.1 Å². The van der Waals surface area contributed by atoms with E-state index in [4.69, 9.17) is 14.2 Å². The van der Waals surface area contributed by atoms with Crippen LogP contribution in [-0.4, -0.2) is 36.8 Å². The van der Waals surface area contributed by atoms with Gasteiger partial charge in [0.25, 0.3) is 5.91 Å². The van der Waals surface area contributed by atoms with E-state index in [-0.39, 0.29) is 18.6 Å². The molecule has 2 rings (SSSR count). The van der Waals surface area contributed by atoms with Crippen LogP contribution in [0.2, 0.25) is 0 Å². The third kappa shape index (κ3) is 6.21. The van der Waals surface area contributed by atoms with E-state index in [0.717, 1.165) is 25.7 Å². The average molecular weight is 420 g/mol. The Hall–Kier alpha value is -2.08. The lowest BCUT2D eigenvalue weighted by atomic mass is 9.78. The van der Waals surface area contributed by atoms with Gasteiger partial charge in [-0.15, -0.1) is 0 Å². The number of hydrogen-bond donors (Lipinski definition) is 1. The van der Waals surface area contributed by atoms with Crippen LogP contribution in [0.5, 0.6) is 5.75 Å². The molecule has 0 unspecified atom stereocenters. The number of rotatable bonds is 10. The molecule has 0 aliphatic heterocycles. The van der Waals surface area contributed by atoms with Gasteiger partial charge in [0.05, 0.1) is 12.7 Å². The molecule has 6 nitrogen and oxygen atoms in total. The molecule has 3 atom stereocenters. The second-order valence-corrected chi connectivity index (χ2v) is 8.27. The molecule has 0 spiro atoms. The Labute approximate surface area is 180 Å². The monoisotopic (exact) mass is 419 g/mol. The molecule has 1 saturated carbocycles. The summed E-state index contributed by atoms with van der Waals surface area (Å²) in [7, 11) is 0. The summed E-state index contributed by atoms with van der Waals surface area (Å²) in [5, 5.41) is 2.99. The van der Waals surface area contributed by atoms with Crippen molar-refractivity contribution in [3.8, 4) is 5.75 Å². The average Bonchev–Trinajstić information content (AvgIpc) is 2.73. The van der Waals surface area contributed by atoms with Gasteiger partial charge >= 0.3 is 5.97 Å². The molecule has 0 saturated heterocycles. The highest BCUT2D eigenvalue weighted by Gasteiger charge is 2.42. The molecule has 0 heterocycles. The third-order valence-electron chi connectivity index (χ3n) is 5.59. The molecule has 1 aromatic carbocycles. The maximum atomic E-state index is 13.3. The molecule has 168 valence electrons.